The zero-order valence-corrected chi connectivity index (χ0v) is 6.35. The Morgan fingerprint density at radius 1 is 1.29 bits per heavy atom. The van der Waals surface area contributed by atoms with Crippen LogP contribution < -0.4 is 0 Å². The third-order valence-electron chi connectivity index (χ3n) is 0.395. The first-order valence-corrected chi connectivity index (χ1v) is 6.99. The van der Waals surface area contributed by atoms with Crippen molar-refractivity contribution in [3.05, 3.63) is 0 Å². The fraction of sp³-hybridized carbons (Fsp3) is 1.00. The molecule has 0 saturated heterocycles. The molecule has 0 aromatic rings. The van der Waals surface area contributed by atoms with Crippen LogP contribution in [-0.2, 0) is 0 Å². The quantitative estimate of drug-likeness (QED) is 0.680. The van der Waals surface area contributed by atoms with Crippen LogP contribution in [0.25, 0.3) is 0 Å². The van der Waals surface area contributed by atoms with Gasteiger partial charge < -0.3 is 0 Å². The van der Waals surface area contributed by atoms with E-state index in [2.05, 4.69) is 0 Å². The summed E-state index contributed by atoms with van der Waals surface area (Å²) in [6, 6.07) is 0. The van der Waals surface area contributed by atoms with Gasteiger partial charge in [0.05, 0.1) is 0 Å². The van der Waals surface area contributed by atoms with E-state index in [0.29, 0.717) is 0 Å². The fourth-order valence-corrected chi connectivity index (χ4v) is 0.850. The second kappa shape index (κ2) is 2.77. The first kappa shape index (κ1) is 7.57. The number of aliphatic hydroxyl groups excluding tert-OH is 1. The number of rotatable bonds is 2. The van der Waals surface area contributed by atoms with Crippen LogP contribution in [0, 0.1) is 0 Å². The Labute approximate surface area is 45.5 Å². The van der Waals surface area contributed by atoms with Gasteiger partial charge in [0.15, 0.2) is 0 Å². The molecule has 0 amide bonds. The normalized spacial score (nSPS) is 14.3. The van der Waals surface area contributed by atoms with Crippen LogP contribution in [-0.4, -0.2) is 32.3 Å². The van der Waals surface area contributed by atoms with E-state index in [-0.39, 0.29) is 0 Å². The van der Waals surface area contributed by atoms with Crippen LogP contribution in [0.2, 0.25) is 4.37 Å². The Bertz CT molecular complexity index is 51.4. The van der Waals surface area contributed by atoms with E-state index in [4.69, 9.17) is 5.11 Å². The van der Waals surface area contributed by atoms with Crippen LogP contribution in [0.3, 0.4) is 0 Å². The maximum atomic E-state index is 11.1. The first-order valence-electron chi connectivity index (χ1n) is 1.74. The molecule has 0 saturated carbocycles. The molecule has 0 heterocycles. The summed E-state index contributed by atoms with van der Waals surface area (Å²) in [5, 5.41) is 7.73. The van der Waals surface area contributed by atoms with Gasteiger partial charge in [-0.05, 0) is 0 Å². The minimum absolute atomic E-state index is 0.723. The van der Waals surface area contributed by atoms with Gasteiger partial charge in [-0.2, -0.15) is 0 Å². The third-order valence-corrected chi connectivity index (χ3v) is 2.65. The Balaban J connectivity index is 3.15. The molecular weight excluding hydrogens is 219 g/mol. The van der Waals surface area contributed by atoms with Crippen LogP contribution in [0.15, 0.2) is 0 Å². The van der Waals surface area contributed by atoms with Gasteiger partial charge in [-0.15, -0.1) is 0 Å². The van der Waals surface area contributed by atoms with Gasteiger partial charge >= 0.3 is 45.1 Å². The van der Waals surface area contributed by atoms with Gasteiger partial charge in [0.1, 0.15) is 0 Å². The topological polar surface area (TPSA) is 20.2 Å². The predicted molar refractivity (Wildman–Crippen MR) is 22.4 cm³/mol. The molecule has 0 bridgehead atoms. The molecular formula is C2H6F3OSb. The molecule has 1 N–H and O–H groups in total. The second-order valence-electron chi connectivity index (χ2n) is 1.09. The van der Waals surface area contributed by atoms with E-state index in [0.717, 1.165) is 0 Å². The van der Waals surface area contributed by atoms with Crippen molar-refractivity contribution in [3.63, 3.8) is 0 Å². The van der Waals surface area contributed by atoms with E-state index in [1.54, 1.807) is 0 Å². The van der Waals surface area contributed by atoms with E-state index in [1.165, 1.54) is 0 Å². The molecule has 0 aromatic carbocycles. The fourth-order valence-electron chi connectivity index (χ4n) is 0.127. The molecule has 0 aliphatic carbocycles. The van der Waals surface area contributed by atoms with E-state index < -0.39 is 31.5 Å². The standard InChI is InChI=1S/C2H5O.3FH.Sb.H/c1-2-3;;;;;/h3H,1-2H2;3*1H;;/q;;;;+3;/p-3. The van der Waals surface area contributed by atoms with Crippen molar-refractivity contribution >= 4 is 20.5 Å². The van der Waals surface area contributed by atoms with Crippen molar-refractivity contribution < 1.29 is 13.5 Å². The Kier molecular flexibility index (Phi) is 3.00. The maximum absolute atomic E-state index is 11.1. The summed E-state index contributed by atoms with van der Waals surface area (Å²) in [5.74, 6) is 0. The van der Waals surface area contributed by atoms with Crippen molar-refractivity contribution in [2.45, 2.75) is 4.37 Å². The van der Waals surface area contributed by atoms with Gasteiger partial charge in [-0.3, -0.25) is 0 Å². The van der Waals surface area contributed by atoms with Crippen LogP contribution in [0.4, 0.5) is 8.44 Å². The summed E-state index contributed by atoms with van der Waals surface area (Å²) in [4.78, 5) is 0. The average molecular weight is 225 g/mol. The molecule has 0 atom stereocenters. The van der Waals surface area contributed by atoms with Gasteiger partial charge in [-0.1, -0.05) is 0 Å². The molecule has 0 radical (unpaired) electrons. The summed E-state index contributed by atoms with van der Waals surface area (Å²) >= 11 is -6.03. The number of halogens is 3. The average Bonchev–Trinajstić information content (AvgIpc) is 1.30. The summed E-state index contributed by atoms with van der Waals surface area (Å²) < 4.78 is 32.4. The van der Waals surface area contributed by atoms with Gasteiger partial charge in [0, 0.05) is 0 Å². The van der Waals surface area contributed by atoms with E-state index in [1.807, 2.05) is 0 Å². The SMILES string of the molecule is OC[CH2][SbH]([F])([F])[F]. The molecule has 0 aliphatic rings. The van der Waals surface area contributed by atoms with Gasteiger partial charge in [0.2, 0.25) is 0 Å². The Morgan fingerprint density at radius 3 is 1.71 bits per heavy atom. The number of hydrogen-bond acceptors (Lipinski definition) is 1. The van der Waals surface area contributed by atoms with Crippen LogP contribution >= 0.6 is 0 Å². The van der Waals surface area contributed by atoms with Crippen LogP contribution in [0.5, 0.6) is 0 Å². The molecule has 0 fully saturated rings. The molecule has 0 aliphatic heterocycles. The zero-order chi connectivity index (χ0) is 5.91. The summed E-state index contributed by atoms with van der Waals surface area (Å²) in [7, 11) is 0. The molecule has 0 spiro atoms. The van der Waals surface area contributed by atoms with Gasteiger partial charge in [0.25, 0.3) is 0 Å². The second-order valence-corrected chi connectivity index (χ2v) is 6.03. The molecule has 7 heavy (non-hydrogen) atoms. The summed E-state index contributed by atoms with van der Waals surface area (Å²) in [5.41, 5.74) is 0. The first-order chi connectivity index (χ1) is 3.06. The molecule has 46 valence electrons. The van der Waals surface area contributed by atoms with Crippen molar-refractivity contribution in [1.82, 2.24) is 0 Å². The Hall–Kier alpha value is 0.568. The summed E-state index contributed by atoms with van der Waals surface area (Å²) in [6.45, 7) is -0.723. The van der Waals surface area contributed by atoms with Crippen LogP contribution in [0.1, 0.15) is 0 Å². The minimum atomic E-state index is -6.03. The monoisotopic (exact) mass is 224 g/mol. The number of aliphatic hydroxyl groups is 1. The molecule has 1 nitrogen and oxygen atoms in total. The van der Waals surface area contributed by atoms with Crippen molar-refractivity contribution in [2.75, 3.05) is 6.61 Å². The van der Waals surface area contributed by atoms with E-state index in [9.17, 15) is 8.44 Å². The predicted octanol–water partition coefficient (Wildman–Crippen LogP) is 0.558. The molecule has 0 aromatic heterocycles. The van der Waals surface area contributed by atoms with Crippen molar-refractivity contribution in [2.24, 2.45) is 0 Å². The third kappa shape index (κ3) is 6.57. The van der Waals surface area contributed by atoms with Crippen molar-refractivity contribution in [1.29, 1.82) is 0 Å². The van der Waals surface area contributed by atoms with Crippen molar-refractivity contribution in [3.8, 4) is 0 Å². The number of hydrogen-bond donors (Lipinski definition) is 1. The van der Waals surface area contributed by atoms with E-state index >= 15 is 0 Å². The Morgan fingerprint density at radius 2 is 1.71 bits per heavy atom. The molecule has 5 heteroatoms. The zero-order valence-electron chi connectivity index (χ0n) is 3.50. The summed E-state index contributed by atoms with van der Waals surface area (Å²) in [6.07, 6.45) is 0. The molecule has 0 rings (SSSR count). The van der Waals surface area contributed by atoms with Gasteiger partial charge in [-0.25, -0.2) is 0 Å². The molecule has 0 unspecified atom stereocenters.